The molecule has 2 heterocycles. The van der Waals surface area contributed by atoms with Gasteiger partial charge in [0.25, 0.3) is 9.05 Å². The molecule has 0 amide bonds. The smallest absolute Gasteiger partial charge is 0.280 e. The molecule has 21 heavy (non-hydrogen) atoms. The van der Waals surface area contributed by atoms with Crippen molar-refractivity contribution in [3.8, 4) is 0 Å². The van der Waals surface area contributed by atoms with Crippen molar-refractivity contribution >= 4 is 30.6 Å². The molecule has 3 rings (SSSR count). The summed E-state index contributed by atoms with van der Waals surface area (Å²) >= 11 is 0. The standard InChI is InChI=1S/C14H12ClN3O2S/c1-10-17-14(21(15,19)20)9-18(10)8-11-6-7-16-13-5-3-2-4-12(11)13/h2-7,9H,8H2,1H3. The number of aryl methyl sites for hydroxylation is 1. The monoisotopic (exact) mass is 321 g/mol. The summed E-state index contributed by atoms with van der Waals surface area (Å²) in [5, 5.41) is 0.906. The fourth-order valence-corrected chi connectivity index (χ4v) is 2.95. The number of hydrogen-bond acceptors (Lipinski definition) is 4. The van der Waals surface area contributed by atoms with Gasteiger partial charge in [-0.25, -0.2) is 13.4 Å². The van der Waals surface area contributed by atoms with E-state index >= 15 is 0 Å². The van der Waals surface area contributed by atoms with Crippen LogP contribution >= 0.6 is 10.7 Å². The van der Waals surface area contributed by atoms with Crippen molar-refractivity contribution in [1.82, 2.24) is 14.5 Å². The van der Waals surface area contributed by atoms with E-state index in [1.807, 2.05) is 30.3 Å². The minimum atomic E-state index is -3.81. The molecule has 0 unspecified atom stereocenters. The van der Waals surface area contributed by atoms with E-state index in [9.17, 15) is 8.42 Å². The highest BCUT2D eigenvalue weighted by Crippen LogP contribution is 2.20. The zero-order valence-corrected chi connectivity index (χ0v) is 12.8. The van der Waals surface area contributed by atoms with E-state index < -0.39 is 9.05 Å². The van der Waals surface area contributed by atoms with E-state index in [1.165, 1.54) is 6.20 Å². The van der Waals surface area contributed by atoms with Crippen LogP contribution in [0.1, 0.15) is 11.4 Å². The number of halogens is 1. The van der Waals surface area contributed by atoms with Crippen LogP contribution in [0.3, 0.4) is 0 Å². The molecule has 0 saturated heterocycles. The number of rotatable bonds is 3. The molecule has 0 aliphatic carbocycles. The Bertz CT molecular complexity index is 914. The van der Waals surface area contributed by atoms with E-state index in [4.69, 9.17) is 10.7 Å². The van der Waals surface area contributed by atoms with Crippen LogP contribution in [0.25, 0.3) is 10.9 Å². The van der Waals surface area contributed by atoms with E-state index in [-0.39, 0.29) is 5.03 Å². The van der Waals surface area contributed by atoms with Crippen LogP contribution in [0.2, 0.25) is 0 Å². The lowest BCUT2D eigenvalue weighted by Gasteiger charge is -2.08. The third kappa shape index (κ3) is 2.77. The van der Waals surface area contributed by atoms with Gasteiger partial charge in [-0.1, -0.05) is 18.2 Å². The maximum Gasteiger partial charge on any atom is 0.280 e. The summed E-state index contributed by atoms with van der Waals surface area (Å²) in [5.41, 5.74) is 1.94. The van der Waals surface area contributed by atoms with Crippen LogP contribution < -0.4 is 0 Å². The molecule has 2 aromatic heterocycles. The molecule has 0 aliphatic rings. The number of para-hydroxylation sites is 1. The largest absolute Gasteiger partial charge is 0.329 e. The van der Waals surface area contributed by atoms with Gasteiger partial charge in [0.15, 0.2) is 5.03 Å². The van der Waals surface area contributed by atoms with Crippen molar-refractivity contribution in [3.63, 3.8) is 0 Å². The van der Waals surface area contributed by atoms with Crippen molar-refractivity contribution in [3.05, 3.63) is 54.1 Å². The van der Waals surface area contributed by atoms with Crippen LogP contribution in [0.4, 0.5) is 0 Å². The van der Waals surface area contributed by atoms with Gasteiger partial charge in [-0.05, 0) is 24.6 Å². The fourth-order valence-electron chi connectivity index (χ4n) is 2.23. The molecule has 0 radical (unpaired) electrons. The Kier molecular flexibility index (Phi) is 3.43. The summed E-state index contributed by atoms with van der Waals surface area (Å²) < 4.78 is 24.4. The SMILES string of the molecule is Cc1nc(S(=O)(=O)Cl)cn1Cc1ccnc2ccccc12. The quantitative estimate of drug-likeness (QED) is 0.696. The van der Waals surface area contributed by atoms with Crippen LogP contribution in [0, 0.1) is 6.92 Å². The maximum absolute atomic E-state index is 11.3. The zero-order chi connectivity index (χ0) is 15.0. The molecule has 0 spiro atoms. The third-order valence-electron chi connectivity index (χ3n) is 3.28. The van der Waals surface area contributed by atoms with Crippen molar-refractivity contribution < 1.29 is 8.42 Å². The Labute approximate surface area is 126 Å². The first-order valence-electron chi connectivity index (χ1n) is 6.26. The number of benzene rings is 1. The molecular formula is C14H12ClN3O2S. The molecule has 108 valence electrons. The predicted molar refractivity (Wildman–Crippen MR) is 80.8 cm³/mol. The van der Waals surface area contributed by atoms with Crippen LogP contribution in [-0.4, -0.2) is 23.0 Å². The minimum absolute atomic E-state index is 0.125. The zero-order valence-electron chi connectivity index (χ0n) is 11.2. The number of aromatic nitrogens is 3. The first-order chi connectivity index (χ1) is 9.95. The van der Waals surface area contributed by atoms with Crippen LogP contribution in [-0.2, 0) is 15.6 Å². The molecule has 0 bridgehead atoms. The normalized spacial score (nSPS) is 11.9. The van der Waals surface area contributed by atoms with E-state index in [1.54, 1.807) is 17.7 Å². The van der Waals surface area contributed by atoms with Gasteiger partial charge < -0.3 is 4.57 Å². The lowest BCUT2D eigenvalue weighted by Crippen LogP contribution is -2.01. The molecule has 0 saturated carbocycles. The van der Waals surface area contributed by atoms with Crippen molar-refractivity contribution in [2.45, 2.75) is 18.5 Å². The number of imidazole rings is 1. The van der Waals surface area contributed by atoms with E-state index in [2.05, 4.69) is 9.97 Å². The van der Waals surface area contributed by atoms with Gasteiger partial charge in [0.05, 0.1) is 5.52 Å². The molecule has 0 atom stereocenters. The number of pyridine rings is 1. The van der Waals surface area contributed by atoms with Crippen LogP contribution in [0.5, 0.6) is 0 Å². The Hall–Kier alpha value is -1.92. The van der Waals surface area contributed by atoms with Gasteiger partial charge in [0.1, 0.15) is 5.82 Å². The minimum Gasteiger partial charge on any atom is -0.329 e. The first kappa shape index (κ1) is 14.0. The average Bonchev–Trinajstić information content (AvgIpc) is 2.81. The molecule has 5 nitrogen and oxygen atoms in total. The average molecular weight is 322 g/mol. The van der Waals surface area contributed by atoms with Crippen LogP contribution in [0.15, 0.2) is 47.8 Å². The van der Waals surface area contributed by atoms with Gasteiger partial charge in [-0.3, -0.25) is 4.98 Å². The van der Waals surface area contributed by atoms with E-state index in [0.717, 1.165) is 16.5 Å². The Morgan fingerprint density at radius 1 is 1.24 bits per heavy atom. The lowest BCUT2D eigenvalue weighted by atomic mass is 10.1. The topological polar surface area (TPSA) is 64.8 Å². The lowest BCUT2D eigenvalue weighted by molar-refractivity contribution is 0.606. The summed E-state index contributed by atoms with van der Waals surface area (Å²) in [7, 11) is 1.52. The van der Waals surface area contributed by atoms with Gasteiger partial charge in [0.2, 0.25) is 0 Å². The highest BCUT2D eigenvalue weighted by Gasteiger charge is 2.16. The molecule has 1 aromatic carbocycles. The molecular weight excluding hydrogens is 310 g/mol. The molecule has 0 N–H and O–H groups in total. The summed E-state index contributed by atoms with van der Waals surface area (Å²) in [6.07, 6.45) is 3.19. The molecule has 3 aromatic rings. The van der Waals surface area contributed by atoms with E-state index in [0.29, 0.717) is 12.4 Å². The highest BCUT2D eigenvalue weighted by atomic mass is 35.7. The first-order valence-corrected chi connectivity index (χ1v) is 8.57. The van der Waals surface area contributed by atoms with Gasteiger partial charge in [-0.15, -0.1) is 0 Å². The second-order valence-electron chi connectivity index (χ2n) is 4.68. The predicted octanol–water partition coefficient (Wildman–Crippen LogP) is 2.72. The summed E-state index contributed by atoms with van der Waals surface area (Å²) in [6.45, 7) is 2.25. The summed E-state index contributed by atoms with van der Waals surface area (Å²) in [6, 6.07) is 9.72. The number of nitrogens with zero attached hydrogens (tertiary/aromatic N) is 3. The van der Waals surface area contributed by atoms with Gasteiger partial charge in [0, 0.05) is 35.0 Å². The van der Waals surface area contributed by atoms with Crippen molar-refractivity contribution in [2.75, 3.05) is 0 Å². The fraction of sp³-hybridized carbons (Fsp3) is 0.143. The third-order valence-corrected chi connectivity index (χ3v) is 4.45. The number of fused-ring (bicyclic) bond motifs is 1. The van der Waals surface area contributed by atoms with Gasteiger partial charge >= 0.3 is 0 Å². The Balaban J connectivity index is 2.05. The highest BCUT2D eigenvalue weighted by molar-refractivity contribution is 8.13. The van der Waals surface area contributed by atoms with Crippen molar-refractivity contribution in [1.29, 1.82) is 0 Å². The second kappa shape index (κ2) is 5.13. The number of hydrogen-bond donors (Lipinski definition) is 0. The Morgan fingerprint density at radius 2 is 2.00 bits per heavy atom. The molecule has 0 fully saturated rings. The molecule has 7 heteroatoms. The Morgan fingerprint density at radius 3 is 2.71 bits per heavy atom. The summed E-state index contributed by atoms with van der Waals surface area (Å²) in [4.78, 5) is 8.29. The van der Waals surface area contributed by atoms with Crippen molar-refractivity contribution in [2.24, 2.45) is 0 Å². The maximum atomic E-state index is 11.3. The molecule has 0 aliphatic heterocycles. The summed E-state index contributed by atoms with van der Waals surface area (Å²) in [5.74, 6) is 0.593. The second-order valence-corrected chi connectivity index (χ2v) is 7.19. The van der Waals surface area contributed by atoms with Gasteiger partial charge in [-0.2, -0.15) is 0 Å².